The van der Waals surface area contributed by atoms with E-state index in [-0.39, 0.29) is 18.2 Å². The van der Waals surface area contributed by atoms with Gasteiger partial charge in [0.05, 0.1) is 6.42 Å². The van der Waals surface area contributed by atoms with E-state index >= 15 is 0 Å². The Labute approximate surface area is 188 Å². The monoisotopic (exact) mass is 434 g/mol. The first-order valence-corrected chi connectivity index (χ1v) is 10.7. The van der Waals surface area contributed by atoms with E-state index in [2.05, 4.69) is 5.32 Å². The summed E-state index contributed by atoms with van der Waals surface area (Å²) in [4.78, 5) is 28.1. The van der Waals surface area contributed by atoms with Gasteiger partial charge < -0.3 is 10.2 Å². The van der Waals surface area contributed by atoms with E-state index in [9.17, 15) is 9.59 Å². The van der Waals surface area contributed by atoms with Gasteiger partial charge in [-0.15, -0.1) is 0 Å². The van der Waals surface area contributed by atoms with Crippen molar-refractivity contribution < 1.29 is 9.59 Å². The molecule has 0 saturated carbocycles. The SMILES string of the molecule is CNC(=O)C(Cc1ccccc1)N(Cc1ccccc1C)C(=O)Cc1cccc(Cl)c1. The van der Waals surface area contributed by atoms with Crippen LogP contribution in [0.4, 0.5) is 0 Å². The highest BCUT2D eigenvalue weighted by atomic mass is 35.5. The molecular formula is C26H27ClN2O2. The Morgan fingerprint density at radius 3 is 2.29 bits per heavy atom. The molecule has 0 saturated heterocycles. The normalized spacial score (nSPS) is 11.6. The first kappa shape index (κ1) is 22.6. The van der Waals surface area contributed by atoms with Gasteiger partial charge >= 0.3 is 0 Å². The van der Waals surface area contributed by atoms with Crippen molar-refractivity contribution in [3.05, 3.63) is 106 Å². The van der Waals surface area contributed by atoms with Crippen LogP contribution >= 0.6 is 11.6 Å². The highest BCUT2D eigenvalue weighted by Crippen LogP contribution is 2.19. The number of amides is 2. The van der Waals surface area contributed by atoms with E-state index in [0.29, 0.717) is 18.0 Å². The van der Waals surface area contributed by atoms with Crippen molar-refractivity contribution >= 4 is 23.4 Å². The van der Waals surface area contributed by atoms with E-state index in [1.54, 1.807) is 24.1 Å². The fraction of sp³-hybridized carbons (Fsp3) is 0.231. The van der Waals surface area contributed by atoms with Crippen molar-refractivity contribution in [1.82, 2.24) is 10.2 Å². The van der Waals surface area contributed by atoms with Crippen LogP contribution in [0.2, 0.25) is 5.02 Å². The molecule has 2 amide bonds. The summed E-state index contributed by atoms with van der Waals surface area (Å²) in [6, 6.07) is 24.4. The summed E-state index contributed by atoms with van der Waals surface area (Å²) in [5, 5.41) is 3.33. The van der Waals surface area contributed by atoms with Crippen molar-refractivity contribution in [2.45, 2.75) is 32.4 Å². The summed E-state index contributed by atoms with van der Waals surface area (Å²) in [7, 11) is 1.60. The van der Waals surface area contributed by atoms with Crippen LogP contribution in [-0.4, -0.2) is 29.8 Å². The molecule has 3 aromatic rings. The zero-order valence-corrected chi connectivity index (χ0v) is 18.6. The number of hydrogen-bond donors (Lipinski definition) is 1. The van der Waals surface area contributed by atoms with Crippen LogP contribution in [0.15, 0.2) is 78.9 Å². The minimum absolute atomic E-state index is 0.116. The second-order valence-electron chi connectivity index (χ2n) is 7.57. The topological polar surface area (TPSA) is 49.4 Å². The third kappa shape index (κ3) is 6.19. The molecule has 0 spiro atoms. The number of carbonyl (C=O) groups excluding carboxylic acids is 2. The van der Waals surface area contributed by atoms with E-state index in [4.69, 9.17) is 11.6 Å². The number of benzene rings is 3. The zero-order chi connectivity index (χ0) is 22.2. The van der Waals surface area contributed by atoms with Crippen LogP contribution < -0.4 is 5.32 Å². The van der Waals surface area contributed by atoms with Gasteiger partial charge in [0, 0.05) is 25.0 Å². The lowest BCUT2D eigenvalue weighted by molar-refractivity contribution is -0.140. The molecule has 4 nitrogen and oxygen atoms in total. The van der Waals surface area contributed by atoms with Crippen LogP contribution in [0.1, 0.15) is 22.3 Å². The quantitative estimate of drug-likeness (QED) is 0.564. The van der Waals surface area contributed by atoms with Crippen LogP contribution in [-0.2, 0) is 29.0 Å². The van der Waals surface area contributed by atoms with Gasteiger partial charge in [0.2, 0.25) is 11.8 Å². The second kappa shape index (κ2) is 10.8. The van der Waals surface area contributed by atoms with Gasteiger partial charge in [-0.05, 0) is 41.3 Å². The number of aryl methyl sites for hydroxylation is 1. The van der Waals surface area contributed by atoms with Gasteiger partial charge in [-0.2, -0.15) is 0 Å². The number of rotatable bonds is 8. The summed E-state index contributed by atoms with van der Waals surface area (Å²) in [6.45, 7) is 2.37. The Hall–Kier alpha value is -3.11. The Bertz CT molecular complexity index is 1040. The molecule has 3 rings (SSSR count). The van der Waals surface area contributed by atoms with Gasteiger partial charge in [-0.3, -0.25) is 9.59 Å². The van der Waals surface area contributed by atoms with Crippen molar-refractivity contribution in [2.75, 3.05) is 7.05 Å². The summed E-state index contributed by atoms with van der Waals surface area (Å²) >= 11 is 6.11. The van der Waals surface area contributed by atoms with E-state index in [1.807, 2.05) is 73.7 Å². The lowest BCUT2D eigenvalue weighted by atomic mass is 10.0. The maximum absolute atomic E-state index is 13.5. The third-order valence-electron chi connectivity index (χ3n) is 5.36. The average molecular weight is 435 g/mol. The summed E-state index contributed by atoms with van der Waals surface area (Å²) in [5.74, 6) is -0.299. The van der Waals surface area contributed by atoms with Crippen molar-refractivity contribution in [1.29, 1.82) is 0 Å². The van der Waals surface area contributed by atoms with Crippen molar-refractivity contribution in [3.8, 4) is 0 Å². The fourth-order valence-electron chi connectivity index (χ4n) is 3.61. The zero-order valence-electron chi connectivity index (χ0n) is 17.8. The van der Waals surface area contributed by atoms with Crippen LogP contribution in [0.3, 0.4) is 0 Å². The van der Waals surface area contributed by atoms with E-state index < -0.39 is 6.04 Å². The fourth-order valence-corrected chi connectivity index (χ4v) is 3.83. The van der Waals surface area contributed by atoms with Crippen molar-refractivity contribution in [3.63, 3.8) is 0 Å². The van der Waals surface area contributed by atoms with Crippen LogP contribution in [0, 0.1) is 6.92 Å². The third-order valence-corrected chi connectivity index (χ3v) is 5.60. The van der Waals surface area contributed by atoms with Gasteiger partial charge in [-0.1, -0.05) is 78.3 Å². The molecule has 3 aromatic carbocycles. The molecule has 1 N–H and O–H groups in total. The van der Waals surface area contributed by atoms with Crippen molar-refractivity contribution in [2.24, 2.45) is 0 Å². The number of nitrogens with one attached hydrogen (secondary N) is 1. The van der Waals surface area contributed by atoms with Gasteiger partial charge in [0.15, 0.2) is 0 Å². The molecule has 0 aromatic heterocycles. The first-order chi connectivity index (χ1) is 15.0. The highest BCUT2D eigenvalue weighted by molar-refractivity contribution is 6.30. The van der Waals surface area contributed by atoms with Crippen LogP contribution in [0.25, 0.3) is 0 Å². The predicted molar refractivity (Wildman–Crippen MR) is 125 cm³/mol. The second-order valence-corrected chi connectivity index (χ2v) is 8.01. The molecule has 160 valence electrons. The summed E-state index contributed by atoms with van der Waals surface area (Å²) in [5.41, 5.74) is 3.92. The van der Waals surface area contributed by atoms with Gasteiger partial charge in [0.1, 0.15) is 6.04 Å². The van der Waals surface area contributed by atoms with Crippen LogP contribution in [0.5, 0.6) is 0 Å². The molecule has 1 unspecified atom stereocenters. The maximum atomic E-state index is 13.5. The molecule has 0 aliphatic rings. The maximum Gasteiger partial charge on any atom is 0.242 e. The molecule has 0 bridgehead atoms. The molecule has 0 fully saturated rings. The Morgan fingerprint density at radius 2 is 1.61 bits per heavy atom. The lowest BCUT2D eigenvalue weighted by Crippen LogP contribution is -2.50. The molecule has 0 heterocycles. The Kier molecular flexibility index (Phi) is 7.85. The minimum Gasteiger partial charge on any atom is -0.357 e. The summed E-state index contributed by atoms with van der Waals surface area (Å²) < 4.78 is 0. The molecular weight excluding hydrogens is 408 g/mol. The molecule has 0 aliphatic heterocycles. The van der Waals surface area contributed by atoms with Gasteiger partial charge in [0.25, 0.3) is 0 Å². The number of carbonyl (C=O) groups is 2. The molecule has 0 aliphatic carbocycles. The molecule has 5 heteroatoms. The number of nitrogens with zero attached hydrogens (tertiary/aromatic N) is 1. The molecule has 1 atom stereocenters. The van der Waals surface area contributed by atoms with E-state index in [0.717, 1.165) is 22.3 Å². The Balaban J connectivity index is 1.95. The Morgan fingerprint density at radius 1 is 0.935 bits per heavy atom. The largest absolute Gasteiger partial charge is 0.357 e. The average Bonchev–Trinajstić information content (AvgIpc) is 2.77. The first-order valence-electron chi connectivity index (χ1n) is 10.3. The number of halogens is 1. The van der Waals surface area contributed by atoms with Gasteiger partial charge in [-0.25, -0.2) is 0 Å². The smallest absolute Gasteiger partial charge is 0.242 e. The summed E-state index contributed by atoms with van der Waals surface area (Å²) in [6.07, 6.45) is 0.613. The number of hydrogen-bond acceptors (Lipinski definition) is 2. The van der Waals surface area contributed by atoms with E-state index in [1.165, 1.54) is 0 Å². The highest BCUT2D eigenvalue weighted by Gasteiger charge is 2.30. The minimum atomic E-state index is -0.626. The number of likely N-dealkylation sites (N-methyl/N-ethyl adjacent to an activating group) is 1. The molecule has 0 radical (unpaired) electrons. The lowest BCUT2D eigenvalue weighted by Gasteiger charge is -2.31. The standard InChI is InChI=1S/C26H27ClN2O2/c1-19-9-6-7-13-22(19)18-29(25(30)17-21-12-8-14-23(27)15-21)24(26(31)28-2)16-20-10-4-3-5-11-20/h3-15,24H,16-18H2,1-2H3,(H,28,31). The molecule has 31 heavy (non-hydrogen) atoms. The predicted octanol–water partition coefficient (Wildman–Crippen LogP) is 4.58.